The van der Waals surface area contributed by atoms with Crippen molar-refractivity contribution < 1.29 is 14.7 Å². The average Bonchev–Trinajstić information content (AvgIpc) is 2.95. The molecule has 214 valence electrons. The molecule has 5 nitrogen and oxygen atoms in total. The maximum Gasteiger partial charge on any atom is 0.326 e. The van der Waals surface area contributed by atoms with Crippen LogP contribution < -0.4 is 10.6 Å². The molecule has 0 aromatic heterocycles. The third kappa shape index (κ3) is 8.45. The third-order valence-electron chi connectivity index (χ3n) is 7.74. The van der Waals surface area contributed by atoms with E-state index in [1.807, 2.05) is 49.6 Å². The summed E-state index contributed by atoms with van der Waals surface area (Å²) in [7, 11) is 0. The molecule has 40 heavy (non-hydrogen) atoms. The smallest absolute Gasteiger partial charge is 0.326 e. The molecule has 0 saturated carbocycles. The molecule has 0 radical (unpaired) electrons. The van der Waals surface area contributed by atoms with Crippen LogP contribution in [0.4, 0.5) is 0 Å². The van der Waals surface area contributed by atoms with Crippen molar-refractivity contribution in [2.24, 2.45) is 11.8 Å². The first-order chi connectivity index (χ1) is 19.3. The summed E-state index contributed by atoms with van der Waals surface area (Å²) in [4.78, 5) is 25.2. The number of nitrogens with one attached hydrogen (secondary N) is 2. The average molecular weight is 561 g/mol. The van der Waals surface area contributed by atoms with Gasteiger partial charge >= 0.3 is 5.97 Å². The van der Waals surface area contributed by atoms with Crippen LogP contribution in [0.25, 0.3) is 11.1 Å². The van der Waals surface area contributed by atoms with Crippen LogP contribution >= 0.6 is 11.8 Å². The summed E-state index contributed by atoms with van der Waals surface area (Å²) in [5.74, 6) is 0.830. The fourth-order valence-electron chi connectivity index (χ4n) is 5.54. The molecule has 0 heterocycles. The first-order valence-electron chi connectivity index (χ1n) is 14.2. The van der Waals surface area contributed by atoms with Crippen molar-refractivity contribution >= 4 is 23.6 Å². The van der Waals surface area contributed by atoms with Crippen molar-refractivity contribution in [2.75, 3.05) is 18.6 Å². The van der Waals surface area contributed by atoms with Crippen LogP contribution in [0.5, 0.6) is 0 Å². The molecule has 0 saturated heterocycles. The van der Waals surface area contributed by atoms with Crippen molar-refractivity contribution in [1.29, 1.82) is 0 Å². The minimum atomic E-state index is -1.01. The minimum absolute atomic E-state index is 0.363. The Kier molecular flexibility index (Phi) is 12.3. The number of hydrogen-bond acceptors (Lipinski definition) is 4. The molecular formula is C34H44N2O3S. The largest absolute Gasteiger partial charge is 0.480 e. The standard InChI is InChI=1S/C34H44N2O3S/c1-6-27(23(2)3)31(26-13-8-7-9-14-26)22-35-21-25-16-17-29(30(20-25)28-15-11-10-12-24(28)4)33(37)36-32(34(38)39)18-19-40-5/h7-17,20,23,27,31-32,35H,6,18-19,21-22H2,1-5H3,(H,36,37)(H,38,39)/t27?,31?,32-/m0/s1. The molecule has 3 aromatic rings. The van der Waals surface area contributed by atoms with Crippen LogP contribution in [0.15, 0.2) is 72.8 Å². The van der Waals surface area contributed by atoms with Gasteiger partial charge in [0.05, 0.1) is 0 Å². The second-order valence-corrected chi connectivity index (χ2v) is 11.8. The second kappa shape index (κ2) is 15.6. The number of amides is 1. The van der Waals surface area contributed by atoms with Gasteiger partial charge in [-0.1, -0.05) is 87.9 Å². The van der Waals surface area contributed by atoms with Gasteiger partial charge in [-0.15, -0.1) is 0 Å². The second-order valence-electron chi connectivity index (χ2n) is 10.8. The van der Waals surface area contributed by atoms with Crippen molar-refractivity contribution in [3.8, 4) is 11.1 Å². The van der Waals surface area contributed by atoms with Crippen molar-refractivity contribution in [2.45, 2.75) is 59.0 Å². The summed E-state index contributed by atoms with van der Waals surface area (Å²) < 4.78 is 0. The Balaban J connectivity index is 1.86. The van der Waals surface area contributed by atoms with Gasteiger partial charge in [-0.3, -0.25) is 4.79 Å². The monoisotopic (exact) mass is 560 g/mol. The molecule has 3 aromatic carbocycles. The number of thioether (sulfide) groups is 1. The number of aryl methyl sites for hydroxylation is 1. The molecular weight excluding hydrogens is 516 g/mol. The van der Waals surface area contributed by atoms with Gasteiger partial charge in [-0.2, -0.15) is 11.8 Å². The number of benzene rings is 3. The molecule has 0 aliphatic rings. The highest BCUT2D eigenvalue weighted by atomic mass is 32.2. The number of carboxylic acid groups (broad SMARTS) is 1. The van der Waals surface area contributed by atoms with Crippen LogP contribution in [0.2, 0.25) is 0 Å². The number of carbonyl (C=O) groups excluding carboxylic acids is 1. The first kappa shape index (κ1) is 31.4. The zero-order valence-electron chi connectivity index (χ0n) is 24.4. The summed E-state index contributed by atoms with van der Waals surface area (Å²) in [5, 5.41) is 16.1. The van der Waals surface area contributed by atoms with Gasteiger partial charge in [0.15, 0.2) is 0 Å². The zero-order valence-corrected chi connectivity index (χ0v) is 25.3. The molecule has 0 bridgehead atoms. The summed E-state index contributed by atoms with van der Waals surface area (Å²) in [5.41, 5.74) is 5.77. The topological polar surface area (TPSA) is 78.4 Å². The van der Waals surface area contributed by atoms with Gasteiger partial charge in [0.2, 0.25) is 0 Å². The Labute approximate surface area is 244 Å². The van der Waals surface area contributed by atoms with E-state index in [4.69, 9.17) is 0 Å². The van der Waals surface area contributed by atoms with Gasteiger partial charge in [0, 0.05) is 18.7 Å². The van der Waals surface area contributed by atoms with Gasteiger partial charge in [-0.25, -0.2) is 4.79 Å². The summed E-state index contributed by atoms with van der Waals surface area (Å²) in [6.45, 7) is 10.4. The van der Waals surface area contributed by atoms with Crippen LogP contribution in [-0.4, -0.2) is 41.6 Å². The molecule has 0 aliphatic carbocycles. The van der Waals surface area contributed by atoms with E-state index in [9.17, 15) is 14.7 Å². The van der Waals surface area contributed by atoms with Crippen molar-refractivity contribution in [3.05, 3.63) is 95.1 Å². The number of carbonyl (C=O) groups is 2. The molecule has 3 N–H and O–H groups in total. The summed E-state index contributed by atoms with van der Waals surface area (Å²) in [6.07, 6.45) is 3.42. The Hall–Kier alpha value is -3.09. The highest BCUT2D eigenvalue weighted by Gasteiger charge is 2.25. The van der Waals surface area contributed by atoms with E-state index in [1.54, 1.807) is 11.8 Å². The van der Waals surface area contributed by atoms with E-state index < -0.39 is 12.0 Å². The van der Waals surface area contributed by atoms with E-state index in [-0.39, 0.29) is 5.91 Å². The lowest BCUT2D eigenvalue weighted by Crippen LogP contribution is -2.41. The number of aliphatic carboxylic acids is 1. The van der Waals surface area contributed by atoms with Crippen molar-refractivity contribution in [3.63, 3.8) is 0 Å². The van der Waals surface area contributed by atoms with E-state index >= 15 is 0 Å². The van der Waals surface area contributed by atoms with Crippen LogP contribution in [-0.2, 0) is 11.3 Å². The van der Waals surface area contributed by atoms with E-state index in [2.05, 4.69) is 67.8 Å². The lowest BCUT2D eigenvalue weighted by atomic mass is 9.77. The Morgan fingerprint density at radius 3 is 2.27 bits per heavy atom. The zero-order chi connectivity index (χ0) is 29.1. The predicted molar refractivity (Wildman–Crippen MR) is 168 cm³/mol. The van der Waals surface area contributed by atoms with Crippen LogP contribution in [0, 0.1) is 18.8 Å². The molecule has 0 spiro atoms. The highest BCUT2D eigenvalue weighted by molar-refractivity contribution is 7.98. The van der Waals surface area contributed by atoms with Gasteiger partial charge < -0.3 is 15.7 Å². The maximum absolute atomic E-state index is 13.4. The normalized spacial score (nSPS) is 13.6. The number of carboxylic acids is 1. The fourth-order valence-corrected chi connectivity index (χ4v) is 6.01. The molecule has 3 rings (SSSR count). The molecule has 3 atom stereocenters. The quantitative estimate of drug-likeness (QED) is 0.184. The first-order valence-corrected chi connectivity index (χ1v) is 15.6. The lowest BCUT2D eigenvalue weighted by molar-refractivity contribution is -0.139. The summed E-state index contributed by atoms with van der Waals surface area (Å²) in [6, 6.07) is 23.7. The van der Waals surface area contributed by atoms with E-state index in [0.717, 1.165) is 35.2 Å². The molecule has 6 heteroatoms. The fraction of sp³-hybridized carbons (Fsp3) is 0.412. The highest BCUT2D eigenvalue weighted by Crippen LogP contribution is 2.33. The molecule has 0 aliphatic heterocycles. The SMILES string of the molecule is CCC(C(C)C)C(CNCc1ccc(C(=O)N[C@@H](CCSC)C(=O)O)c(-c2ccccc2C)c1)c1ccccc1. The van der Waals surface area contributed by atoms with Gasteiger partial charge in [-0.05, 0) is 83.1 Å². The minimum Gasteiger partial charge on any atom is -0.480 e. The van der Waals surface area contributed by atoms with E-state index in [1.165, 1.54) is 5.56 Å². The Bertz CT molecular complexity index is 1240. The molecule has 0 fully saturated rings. The maximum atomic E-state index is 13.4. The number of hydrogen-bond donors (Lipinski definition) is 3. The number of rotatable bonds is 15. The molecule has 2 unspecified atom stereocenters. The predicted octanol–water partition coefficient (Wildman–Crippen LogP) is 7.15. The molecule has 1 amide bonds. The van der Waals surface area contributed by atoms with Crippen LogP contribution in [0.1, 0.15) is 66.6 Å². The van der Waals surface area contributed by atoms with Crippen LogP contribution in [0.3, 0.4) is 0 Å². The van der Waals surface area contributed by atoms with E-state index in [0.29, 0.717) is 42.0 Å². The lowest BCUT2D eigenvalue weighted by Gasteiger charge is -2.30. The third-order valence-corrected chi connectivity index (χ3v) is 8.39. The van der Waals surface area contributed by atoms with Gasteiger partial charge in [0.25, 0.3) is 5.91 Å². The van der Waals surface area contributed by atoms with Crippen molar-refractivity contribution in [1.82, 2.24) is 10.6 Å². The summed E-state index contributed by atoms with van der Waals surface area (Å²) >= 11 is 1.57. The Morgan fingerprint density at radius 2 is 1.65 bits per heavy atom. The van der Waals surface area contributed by atoms with Gasteiger partial charge in [0.1, 0.15) is 6.04 Å². The Morgan fingerprint density at radius 1 is 0.950 bits per heavy atom.